The number of aliphatic carboxylic acids is 1. The number of benzene rings is 1. The van der Waals surface area contributed by atoms with Crippen LogP contribution in [0.3, 0.4) is 0 Å². The van der Waals surface area contributed by atoms with Crippen LogP contribution >= 0.6 is 15.9 Å². The summed E-state index contributed by atoms with van der Waals surface area (Å²) in [5.74, 6) is -1.28. The van der Waals surface area contributed by atoms with Crippen LogP contribution < -0.4 is 11.1 Å². The predicted octanol–water partition coefficient (Wildman–Crippen LogP) is 1.24. The molecule has 0 radical (unpaired) electrons. The van der Waals surface area contributed by atoms with E-state index in [1.807, 2.05) is 0 Å². The molecule has 16 heavy (non-hydrogen) atoms. The lowest BCUT2D eigenvalue weighted by atomic mass is 10.2. The Morgan fingerprint density at radius 3 is 2.69 bits per heavy atom. The number of halogens is 1. The molecule has 0 saturated carbocycles. The molecule has 1 rings (SSSR count). The van der Waals surface area contributed by atoms with Gasteiger partial charge in [0.15, 0.2) is 0 Å². The maximum atomic E-state index is 11.5. The second-order valence-electron chi connectivity index (χ2n) is 3.14. The van der Waals surface area contributed by atoms with Gasteiger partial charge in [-0.1, -0.05) is 0 Å². The maximum Gasteiger partial charge on any atom is 0.305 e. The van der Waals surface area contributed by atoms with Crippen molar-refractivity contribution >= 4 is 33.5 Å². The summed E-state index contributed by atoms with van der Waals surface area (Å²) in [5.41, 5.74) is 6.49. The number of hydrogen-bond donors (Lipinski definition) is 3. The molecule has 0 bridgehead atoms. The summed E-state index contributed by atoms with van der Waals surface area (Å²) < 4.78 is 0.717. The summed E-state index contributed by atoms with van der Waals surface area (Å²) in [6.07, 6.45) is -0.0995. The number of carboxylic acids is 1. The van der Waals surface area contributed by atoms with Crippen molar-refractivity contribution in [1.29, 1.82) is 0 Å². The fourth-order valence-corrected chi connectivity index (χ4v) is 1.32. The SMILES string of the molecule is Nc1cc(C(=O)NCCC(=O)O)ccc1Br. The summed E-state index contributed by atoms with van der Waals surface area (Å²) in [6.45, 7) is 0.101. The zero-order chi connectivity index (χ0) is 12.1. The summed E-state index contributed by atoms with van der Waals surface area (Å²) >= 11 is 3.22. The molecule has 86 valence electrons. The van der Waals surface area contributed by atoms with Crippen molar-refractivity contribution in [3.63, 3.8) is 0 Å². The molecule has 1 aromatic rings. The van der Waals surface area contributed by atoms with Gasteiger partial charge in [-0.25, -0.2) is 0 Å². The molecule has 6 heteroatoms. The number of rotatable bonds is 4. The van der Waals surface area contributed by atoms with Gasteiger partial charge in [0.1, 0.15) is 0 Å². The summed E-state index contributed by atoms with van der Waals surface area (Å²) in [6, 6.07) is 4.80. The molecule has 0 heterocycles. The highest BCUT2D eigenvalue weighted by Crippen LogP contribution is 2.19. The van der Waals surface area contributed by atoms with E-state index in [-0.39, 0.29) is 18.9 Å². The molecule has 0 saturated heterocycles. The van der Waals surface area contributed by atoms with Crippen LogP contribution in [0.4, 0.5) is 5.69 Å². The van der Waals surface area contributed by atoms with Gasteiger partial charge in [-0.3, -0.25) is 9.59 Å². The van der Waals surface area contributed by atoms with Crippen LogP contribution in [0.1, 0.15) is 16.8 Å². The predicted molar refractivity (Wildman–Crippen MR) is 63.1 cm³/mol. The summed E-state index contributed by atoms with van der Waals surface area (Å²) in [4.78, 5) is 21.8. The fraction of sp³-hybridized carbons (Fsp3) is 0.200. The van der Waals surface area contributed by atoms with Crippen molar-refractivity contribution in [3.8, 4) is 0 Å². The Kier molecular flexibility index (Phi) is 4.30. The third-order valence-corrected chi connectivity index (χ3v) is 2.60. The number of nitrogen functional groups attached to an aromatic ring is 1. The van der Waals surface area contributed by atoms with Crippen LogP contribution in [0.15, 0.2) is 22.7 Å². The smallest absolute Gasteiger partial charge is 0.305 e. The zero-order valence-corrected chi connectivity index (χ0v) is 9.95. The van der Waals surface area contributed by atoms with Crippen LogP contribution in [-0.2, 0) is 4.79 Å². The standard InChI is InChI=1S/C10H11BrN2O3/c11-7-2-1-6(5-8(7)12)10(16)13-4-3-9(14)15/h1-2,5H,3-4,12H2,(H,13,16)(H,14,15). The molecule has 0 fully saturated rings. The van der Waals surface area contributed by atoms with E-state index in [9.17, 15) is 9.59 Å². The van der Waals surface area contributed by atoms with Crippen LogP contribution in [0.5, 0.6) is 0 Å². The van der Waals surface area contributed by atoms with Crippen molar-refractivity contribution in [1.82, 2.24) is 5.32 Å². The third-order valence-electron chi connectivity index (χ3n) is 1.88. The molecule has 5 nitrogen and oxygen atoms in total. The van der Waals surface area contributed by atoms with Crippen LogP contribution in [-0.4, -0.2) is 23.5 Å². The second-order valence-corrected chi connectivity index (χ2v) is 3.99. The van der Waals surface area contributed by atoms with Gasteiger partial charge in [-0.15, -0.1) is 0 Å². The van der Waals surface area contributed by atoms with Gasteiger partial charge in [-0.2, -0.15) is 0 Å². The Labute approximate surface area is 101 Å². The Hall–Kier alpha value is -1.56. The first-order chi connectivity index (χ1) is 7.50. The minimum atomic E-state index is -0.948. The van der Waals surface area contributed by atoms with Crippen molar-refractivity contribution in [2.45, 2.75) is 6.42 Å². The van der Waals surface area contributed by atoms with E-state index in [0.717, 1.165) is 4.47 Å². The Morgan fingerprint density at radius 2 is 2.12 bits per heavy atom. The van der Waals surface area contributed by atoms with Crippen molar-refractivity contribution in [2.24, 2.45) is 0 Å². The molecule has 0 unspecified atom stereocenters. The molecule has 0 aromatic heterocycles. The molecule has 0 aliphatic heterocycles. The quantitative estimate of drug-likeness (QED) is 0.726. The largest absolute Gasteiger partial charge is 0.481 e. The average molecular weight is 287 g/mol. The number of carbonyl (C=O) groups excluding carboxylic acids is 1. The topological polar surface area (TPSA) is 92.4 Å². The van der Waals surface area contributed by atoms with E-state index in [1.54, 1.807) is 12.1 Å². The lowest BCUT2D eigenvalue weighted by Gasteiger charge is -2.05. The molecular formula is C10H11BrN2O3. The van der Waals surface area contributed by atoms with E-state index in [4.69, 9.17) is 10.8 Å². The molecule has 0 atom stereocenters. The van der Waals surface area contributed by atoms with E-state index in [1.165, 1.54) is 6.07 Å². The highest BCUT2D eigenvalue weighted by atomic mass is 79.9. The van der Waals surface area contributed by atoms with E-state index in [0.29, 0.717) is 11.3 Å². The Balaban J connectivity index is 2.59. The summed E-state index contributed by atoms with van der Waals surface area (Å²) in [5, 5.41) is 10.9. The maximum absolute atomic E-state index is 11.5. The molecule has 1 amide bonds. The van der Waals surface area contributed by atoms with Crippen LogP contribution in [0, 0.1) is 0 Å². The van der Waals surface area contributed by atoms with E-state index in [2.05, 4.69) is 21.2 Å². The average Bonchev–Trinajstić information content (AvgIpc) is 2.21. The molecule has 4 N–H and O–H groups in total. The van der Waals surface area contributed by atoms with Crippen LogP contribution in [0.25, 0.3) is 0 Å². The van der Waals surface area contributed by atoms with E-state index < -0.39 is 5.97 Å². The molecule has 0 aliphatic carbocycles. The van der Waals surface area contributed by atoms with Crippen molar-refractivity contribution < 1.29 is 14.7 Å². The second kappa shape index (κ2) is 5.50. The number of amides is 1. The zero-order valence-electron chi connectivity index (χ0n) is 8.37. The number of hydrogen-bond acceptors (Lipinski definition) is 3. The minimum absolute atomic E-state index is 0.0995. The van der Waals surface area contributed by atoms with Gasteiger partial charge in [0.25, 0.3) is 5.91 Å². The van der Waals surface area contributed by atoms with Crippen molar-refractivity contribution in [3.05, 3.63) is 28.2 Å². The first kappa shape index (κ1) is 12.5. The first-order valence-corrected chi connectivity index (χ1v) is 5.35. The van der Waals surface area contributed by atoms with Gasteiger partial charge in [0.2, 0.25) is 0 Å². The van der Waals surface area contributed by atoms with E-state index >= 15 is 0 Å². The molecule has 1 aromatic carbocycles. The molecule has 0 spiro atoms. The fourth-order valence-electron chi connectivity index (χ4n) is 1.07. The lowest BCUT2D eigenvalue weighted by Crippen LogP contribution is -2.26. The lowest BCUT2D eigenvalue weighted by molar-refractivity contribution is -0.136. The highest BCUT2D eigenvalue weighted by Gasteiger charge is 2.07. The summed E-state index contributed by atoms with van der Waals surface area (Å²) in [7, 11) is 0. The normalized spacial score (nSPS) is 9.81. The molecular weight excluding hydrogens is 276 g/mol. The van der Waals surface area contributed by atoms with Gasteiger partial charge in [-0.05, 0) is 34.1 Å². The number of nitrogens with one attached hydrogen (secondary N) is 1. The highest BCUT2D eigenvalue weighted by molar-refractivity contribution is 9.10. The van der Waals surface area contributed by atoms with Crippen molar-refractivity contribution in [2.75, 3.05) is 12.3 Å². The number of carbonyl (C=O) groups is 2. The van der Waals surface area contributed by atoms with Gasteiger partial charge < -0.3 is 16.2 Å². The van der Waals surface area contributed by atoms with Gasteiger partial charge in [0, 0.05) is 22.3 Å². The van der Waals surface area contributed by atoms with Gasteiger partial charge in [0.05, 0.1) is 6.42 Å². The third kappa shape index (κ3) is 3.54. The number of anilines is 1. The Bertz CT molecular complexity index is 421. The first-order valence-electron chi connectivity index (χ1n) is 4.55. The Morgan fingerprint density at radius 1 is 1.44 bits per heavy atom. The van der Waals surface area contributed by atoms with Gasteiger partial charge >= 0.3 is 5.97 Å². The number of nitrogens with two attached hydrogens (primary N) is 1. The number of carboxylic acid groups (broad SMARTS) is 1. The van der Waals surface area contributed by atoms with Crippen LogP contribution in [0.2, 0.25) is 0 Å². The molecule has 0 aliphatic rings. The minimum Gasteiger partial charge on any atom is -0.481 e. The monoisotopic (exact) mass is 286 g/mol.